The molecule has 5 heteroatoms. The van der Waals surface area contributed by atoms with E-state index in [1.807, 2.05) is 19.9 Å². The molecule has 0 radical (unpaired) electrons. The summed E-state index contributed by atoms with van der Waals surface area (Å²) < 4.78 is 27.4. The van der Waals surface area contributed by atoms with Gasteiger partial charge in [0.05, 0.1) is 4.90 Å². The summed E-state index contributed by atoms with van der Waals surface area (Å²) in [6.45, 7) is 6.08. The van der Waals surface area contributed by atoms with E-state index in [4.69, 9.17) is 0 Å². The van der Waals surface area contributed by atoms with Crippen LogP contribution in [0, 0.1) is 13.8 Å². The Morgan fingerprint density at radius 1 is 1.25 bits per heavy atom. The largest absolute Gasteiger partial charge is 0.240 e. The first-order chi connectivity index (χ1) is 7.38. The minimum Gasteiger partial charge on any atom is -0.211 e. The van der Waals surface area contributed by atoms with E-state index in [9.17, 15) is 8.42 Å². The lowest BCUT2D eigenvalue weighted by molar-refractivity contribution is 0.580. The molecule has 0 spiro atoms. The molecule has 0 atom stereocenters. The van der Waals surface area contributed by atoms with Gasteiger partial charge in [0, 0.05) is 11.0 Å². The molecule has 1 aromatic rings. The number of aryl methyl sites for hydroxylation is 2. The fourth-order valence-corrected chi connectivity index (χ4v) is 3.26. The number of halogens is 1. The van der Waals surface area contributed by atoms with E-state index in [1.54, 1.807) is 13.0 Å². The molecule has 0 heterocycles. The van der Waals surface area contributed by atoms with Crippen molar-refractivity contribution in [2.75, 3.05) is 6.54 Å². The van der Waals surface area contributed by atoms with Gasteiger partial charge >= 0.3 is 0 Å². The number of benzene rings is 1. The predicted octanol–water partition coefficient (Wildman–Crippen LogP) is 2.75. The van der Waals surface area contributed by atoms with E-state index in [-0.39, 0.29) is 0 Å². The van der Waals surface area contributed by atoms with Crippen LogP contribution in [-0.4, -0.2) is 15.0 Å². The Morgan fingerprint density at radius 2 is 1.88 bits per heavy atom. The first-order valence-corrected chi connectivity index (χ1v) is 7.42. The van der Waals surface area contributed by atoms with Crippen molar-refractivity contribution in [1.82, 2.24) is 4.72 Å². The van der Waals surface area contributed by atoms with Crippen LogP contribution < -0.4 is 4.72 Å². The molecule has 0 fully saturated rings. The maximum atomic E-state index is 11.9. The highest BCUT2D eigenvalue weighted by Crippen LogP contribution is 2.24. The van der Waals surface area contributed by atoms with Crippen molar-refractivity contribution in [1.29, 1.82) is 0 Å². The van der Waals surface area contributed by atoms with Crippen molar-refractivity contribution < 1.29 is 8.42 Å². The Hall–Kier alpha value is -0.390. The highest BCUT2D eigenvalue weighted by Gasteiger charge is 2.16. The molecule has 0 amide bonds. The van der Waals surface area contributed by atoms with Crippen LogP contribution in [-0.2, 0) is 10.0 Å². The van der Waals surface area contributed by atoms with Gasteiger partial charge in [-0.1, -0.05) is 22.9 Å². The quantitative estimate of drug-likeness (QED) is 0.930. The Labute approximate surface area is 105 Å². The number of rotatable bonds is 4. The third-order valence-electron chi connectivity index (χ3n) is 2.29. The minimum absolute atomic E-state index is 0.363. The van der Waals surface area contributed by atoms with Crippen molar-refractivity contribution >= 4 is 26.0 Å². The molecule has 0 bridgehead atoms. The summed E-state index contributed by atoms with van der Waals surface area (Å²) >= 11 is 3.38. The zero-order valence-electron chi connectivity index (χ0n) is 9.67. The fourth-order valence-electron chi connectivity index (χ4n) is 1.36. The fraction of sp³-hybridized carbons (Fsp3) is 0.455. The standard InChI is InChI=1S/C11H16BrNO2S/c1-4-5-13-16(14,15)11-7-8(2)10(12)6-9(11)3/h6-7,13H,4-5H2,1-3H3. The third-order valence-corrected chi connectivity index (χ3v) is 4.75. The summed E-state index contributed by atoms with van der Waals surface area (Å²) in [6.07, 6.45) is 0.786. The zero-order chi connectivity index (χ0) is 12.3. The van der Waals surface area contributed by atoms with Crippen LogP contribution in [0.2, 0.25) is 0 Å². The average Bonchev–Trinajstić information content (AvgIpc) is 2.20. The normalized spacial score (nSPS) is 11.8. The first-order valence-electron chi connectivity index (χ1n) is 5.15. The summed E-state index contributed by atoms with van der Waals surface area (Å²) in [5.41, 5.74) is 1.67. The molecule has 0 saturated heterocycles. The molecular formula is C11H16BrNO2S. The van der Waals surface area contributed by atoms with Crippen molar-refractivity contribution in [3.63, 3.8) is 0 Å². The van der Waals surface area contributed by atoms with Crippen LogP contribution in [0.5, 0.6) is 0 Å². The molecule has 1 aromatic carbocycles. The molecule has 0 aromatic heterocycles. The first kappa shape index (κ1) is 13.7. The van der Waals surface area contributed by atoms with Gasteiger partial charge < -0.3 is 0 Å². The molecule has 0 unspecified atom stereocenters. The van der Waals surface area contributed by atoms with Crippen molar-refractivity contribution in [2.24, 2.45) is 0 Å². The molecule has 1 rings (SSSR count). The second kappa shape index (κ2) is 5.29. The average molecular weight is 306 g/mol. The highest BCUT2D eigenvalue weighted by molar-refractivity contribution is 9.10. The molecule has 0 saturated carbocycles. The van der Waals surface area contributed by atoms with Crippen LogP contribution in [0.1, 0.15) is 24.5 Å². The lowest BCUT2D eigenvalue weighted by atomic mass is 10.2. The summed E-state index contributed by atoms with van der Waals surface area (Å²) in [7, 11) is -3.36. The van der Waals surface area contributed by atoms with Crippen molar-refractivity contribution in [2.45, 2.75) is 32.1 Å². The molecule has 0 aliphatic rings. The number of hydrogen-bond acceptors (Lipinski definition) is 2. The lowest BCUT2D eigenvalue weighted by Gasteiger charge is -2.10. The van der Waals surface area contributed by atoms with Crippen LogP contribution in [0.3, 0.4) is 0 Å². The SMILES string of the molecule is CCCNS(=O)(=O)c1cc(C)c(Br)cc1C. The summed E-state index contributed by atoms with van der Waals surface area (Å²) in [6, 6.07) is 3.52. The number of sulfonamides is 1. The Kier molecular flexibility index (Phi) is 4.52. The minimum atomic E-state index is -3.36. The predicted molar refractivity (Wildman–Crippen MR) is 69.1 cm³/mol. The van der Waals surface area contributed by atoms with Crippen molar-refractivity contribution in [3.8, 4) is 0 Å². The van der Waals surface area contributed by atoms with Crippen molar-refractivity contribution in [3.05, 3.63) is 27.7 Å². The van der Waals surface area contributed by atoms with Crippen LogP contribution in [0.15, 0.2) is 21.5 Å². The Balaban J connectivity index is 3.18. The molecule has 3 nitrogen and oxygen atoms in total. The van der Waals surface area contributed by atoms with E-state index in [0.29, 0.717) is 11.4 Å². The molecule has 0 aliphatic carbocycles. The Bertz CT molecular complexity index is 483. The summed E-state index contributed by atoms with van der Waals surface area (Å²) in [5.74, 6) is 0. The van der Waals surface area contributed by atoms with Gasteiger partial charge in [-0.05, 0) is 43.5 Å². The van der Waals surface area contributed by atoms with Gasteiger partial charge in [-0.15, -0.1) is 0 Å². The summed E-state index contributed by atoms with van der Waals surface area (Å²) in [5, 5.41) is 0. The van der Waals surface area contributed by atoms with E-state index < -0.39 is 10.0 Å². The van der Waals surface area contributed by atoms with Crippen LogP contribution >= 0.6 is 15.9 Å². The molecule has 1 N–H and O–H groups in total. The smallest absolute Gasteiger partial charge is 0.211 e. The second-order valence-electron chi connectivity index (χ2n) is 3.76. The highest BCUT2D eigenvalue weighted by atomic mass is 79.9. The van der Waals surface area contributed by atoms with E-state index >= 15 is 0 Å². The maximum Gasteiger partial charge on any atom is 0.240 e. The van der Waals surface area contributed by atoms with E-state index in [1.165, 1.54) is 0 Å². The van der Waals surface area contributed by atoms with Crippen LogP contribution in [0.25, 0.3) is 0 Å². The second-order valence-corrected chi connectivity index (χ2v) is 6.35. The van der Waals surface area contributed by atoms with E-state index in [2.05, 4.69) is 20.7 Å². The van der Waals surface area contributed by atoms with Gasteiger partial charge in [-0.25, -0.2) is 13.1 Å². The van der Waals surface area contributed by atoms with Gasteiger partial charge in [0.25, 0.3) is 0 Å². The van der Waals surface area contributed by atoms with Crippen LogP contribution in [0.4, 0.5) is 0 Å². The molecule has 0 aliphatic heterocycles. The third kappa shape index (κ3) is 3.06. The monoisotopic (exact) mass is 305 g/mol. The van der Waals surface area contributed by atoms with E-state index in [0.717, 1.165) is 22.0 Å². The van der Waals surface area contributed by atoms with Gasteiger partial charge in [0.1, 0.15) is 0 Å². The maximum absolute atomic E-state index is 11.9. The topological polar surface area (TPSA) is 46.2 Å². The molecular weight excluding hydrogens is 290 g/mol. The lowest BCUT2D eigenvalue weighted by Crippen LogP contribution is -2.25. The zero-order valence-corrected chi connectivity index (χ0v) is 12.1. The van der Waals surface area contributed by atoms with Gasteiger partial charge in [0.15, 0.2) is 0 Å². The summed E-state index contributed by atoms with van der Waals surface area (Å²) in [4.78, 5) is 0.363. The molecule has 90 valence electrons. The number of hydrogen-bond donors (Lipinski definition) is 1. The van der Waals surface area contributed by atoms with Gasteiger partial charge in [-0.3, -0.25) is 0 Å². The van der Waals surface area contributed by atoms with Gasteiger partial charge in [0.2, 0.25) is 10.0 Å². The van der Waals surface area contributed by atoms with Gasteiger partial charge in [-0.2, -0.15) is 0 Å². The number of nitrogens with one attached hydrogen (secondary N) is 1. The Morgan fingerprint density at radius 3 is 2.44 bits per heavy atom. The molecule has 16 heavy (non-hydrogen) atoms.